The molecule has 1 saturated heterocycles. The van der Waals surface area contributed by atoms with Gasteiger partial charge < -0.3 is 14.6 Å². The second-order valence-corrected chi connectivity index (χ2v) is 7.08. The molecule has 7 nitrogen and oxygen atoms in total. The Bertz CT molecular complexity index is 541. The molecule has 2 unspecified atom stereocenters. The summed E-state index contributed by atoms with van der Waals surface area (Å²) in [6.45, 7) is 4.85. The van der Waals surface area contributed by atoms with E-state index in [1.54, 1.807) is 6.33 Å². The SMILES string of the molecule is CC(C(=O)NCC1CCCCC1)N1CCOC(c2nncn2C)C1. The minimum Gasteiger partial charge on any atom is -0.368 e. The summed E-state index contributed by atoms with van der Waals surface area (Å²) in [7, 11) is 1.91. The summed E-state index contributed by atoms with van der Waals surface area (Å²) in [4.78, 5) is 14.7. The lowest BCUT2D eigenvalue weighted by Crippen LogP contribution is -2.51. The molecule has 0 bridgehead atoms. The van der Waals surface area contributed by atoms with E-state index >= 15 is 0 Å². The maximum atomic E-state index is 12.5. The highest BCUT2D eigenvalue weighted by Crippen LogP contribution is 2.23. The number of rotatable bonds is 5. The van der Waals surface area contributed by atoms with Crippen LogP contribution in [0.1, 0.15) is 51.0 Å². The van der Waals surface area contributed by atoms with Crippen LogP contribution < -0.4 is 5.32 Å². The molecular weight excluding hydrogens is 306 g/mol. The Morgan fingerprint density at radius 2 is 2.21 bits per heavy atom. The van der Waals surface area contributed by atoms with Crippen LogP contribution in [0.25, 0.3) is 0 Å². The van der Waals surface area contributed by atoms with E-state index < -0.39 is 0 Å². The summed E-state index contributed by atoms with van der Waals surface area (Å²) in [6, 6.07) is -0.145. The monoisotopic (exact) mass is 335 g/mol. The molecule has 0 radical (unpaired) electrons. The van der Waals surface area contributed by atoms with Crippen molar-refractivity contribution >= 4 is 5.91 Å². The molecule has 2 aliphatic rings. The molecule has 1 aromatic heterocycles. The highest BCUT2D eigenvalue weighted by Gasteiger charge is 2.31. The van der Waals surface area contributed by atoms with Crippen molar-refractivity contribution in [2.24, 2.45) is 13.0 Å². The van der Waals surface area contributed by atoms with Crippen LogP contribution >= 0.6 is 0 Å². The van der Waals surface area contributed by atoms with Gasteiger partial charge >= 0.3 is 0 Å². The molecule has 1 aliphatic heterocycles. The largest absolute Gasteiger partial charge is 0.368 e. The Hall–Kier alpha value is -1.47. The van der Waals surface area contributed by atoms with E-state index in [9.17, 15) is 4.79 Å². The maximum absolute atomic E-state index is 12.5. The highest BCUT2D eigenvalue weighted by atomic mass is 16.5. The summed E-state index contributed by atoms with van der Waals surface area (Å²) in [6.07, 6.45) is 8.01. The lowest BCUT2D eigenvalue weighted by molar-refractivity contribution is -0.129. The minimum atomic E-state index is -0.145. The lowest BCUT2D eigenvalue weighted by Gasteiger charge is -2.35. The van der Waals surface area contributed by atoms with E-state index in [2.05, 4.69) is 20.4 Å². The first-order valence-corrected chi connectivity index (χ1v) is 9.12. The molecule has 1 saturated carbocycles. The number of carbonyl (C=O) groups is 1. The molecule has 24 heavy (non-hydrogen) atoms. The fourth-order valence-electron chi connectivity index (χ4n) is 3.71. The standard InChI is InChI=1S/C17H29N5O2/c1-13(17(23)18-10-14-6-4-3-5-7-14)22-8-9-24-15(11-22)16-20-19-12-21(16)2/h12-15H,3-11H2,1-2H3,(H,18,23). The first-order valence-electron chi connectivity index (χ1n) is 9.12. The molecule has 2 fully saturated rings. The average Bonchev–Trinajstić information content (AvgIpc) is 3.06. The molecule has 1 aromatic rings. The second-order valence-electron chi connectivity index (χ2n) is 7.08. The van der Waals surface area contributed by atoms with Crippen molar-refractivity contribution in [1.29, 1.82) is 0 Å². The van der Waals surface area contributed by atoms with Gasteiger partial charge in [-0.25, -0.2) is 0 Å². The number of carbonyl (C=O) groups excluding carboxylic acids is 1. The van der Waals surface area contributed by atoms with Crippen LogP contribution in [0.3, 0.4) is 0 Å². The van der Waals surface area contributed by atoms with E-state index in [0.29, 0.717) is 19.1 Å². The van der Waals surface area contributed by atoms with Gasteiger partial charge in [-0.3, -0.25) is 9.69 Å². The van der Waals surface area contributed by atoms with Gasteiger partial charge in [0, 0.05) is 26.7 Å². The highest BCUT2D eigenvalue weighted by molar-refractivity contribution is 5.81. The fourth-order valence-corrected chi connectivity index (χ4v) is 3.71. The van der Waals surface area contributed by atoms with Crippen molar-refractivity contribution in [3.8, 4) is 0 Å². The van der Waals surface area contributed by atoms with Gasteiger partial charge in [0.2, 0.25) is 5.91 Å². The summed E-state index contributed by atoms with van der Waals surface area (Å²) in [5.74, 6) is 1.60. The first kappa shape index (κ1) is 17.4. The molecular formula is C17H29N5O2. The van der Waals surface area contributed by atoms with Crippen molar-refractivity contribution < 1.29 is 9.53 Å². The summed E-state index contributed by atoms with van der Waals surface area (Å²) in [5.41, 5.74) is 0. The molecule has 134 valence electrons. The molecule has 1 N–H and O–H groups in total. The van der Waals surface area contributed by atoms with E-state index in [1.165, 1.54) is 32.1 Å². The number of aryl methyl sites for hydroxylation is 1. The Labute approximate surface area is 143 Å². The zero-order chi connectivity index (χ0) is 16.9. The third-order valence-electron chi connectivity index (χ3n) is 5.35. The van der Waals surface area contributed by atoms with E-state index in [0.717, 1.165) is 18.9 Å². The molecule has 7 heteroatoms. The summed E-state index contributed by atoms with van der Waals surface area (Å²) in [5, 5.41) is 11.2. The number of morpholine rings is 1. The van der Waals surface area contributed by atoms with Crippen LogP contribution in [0.4, 0.5) is 0 Å². The van der Waals surface area contributed by atoms with Crippen LogP contribution in [0, 0.1) is 5.92 Å². The maximum Gasteiger partial charge on any atom is 0.237 e. The van der Waals surface area contributed by atoms with E-state index in [-0.39, 0.29) is 18.1 Å². The fraction of sp³-hybridized carbons (Fsp3) is 0.824. The smallest absolute Gasteiger partial charge is 0.237 e. The van der Waals surface area contributed by atoms with E-state index in [4.69, 9.17) is 4.74 Å². The van der Waals surface area contributed by atoms with Crippen molar-refractivity contribution in [2.75, 3.05) is 26.2 Å². The lowest BCUT2D eigenvalue weighted by atomic mass is 9.89. The molecule has 2 heterocycles. The van der Waals surface area contributed by atoms with Gasteiger partial charge in [0.15, 0.2) is 5.82 Å². The Kier molecular flexibility index (Phi) is 5.84. The third kappa shape index (κ3) is 4.13. The van der Waals surface area contributed by atoms with Crippen molar-refractivity contribution in [3.05, 3.63) is 12.2 Å². The predicted molar refractivity (Wildman–Crippen MR) is 90.3 cm³/mol. The van der Waals surface area contributed by atoms with E-state index in [1.807, 2.05) is 18.5 Å². The predicted octanol–water partition coefficient (Wildman–Crippen LogP) is 1.27. The number of hydrogen-bond acceptors (Lipinski definition) is 5. The molecule has 1 amide bonds. The minimum absolute atomic E-state index is 0.124. The van der Waals surface area contributed by atoms with Crippen LogP contribution in [0.15, 0.2) is 6.33 Å². The molecule has 2 atom stereocenters. The summed E-state index contributed by atoms with van der Waals surface area (Å²) < 4.78 is 7.70. The van der Waals surface area contributed by atoms with Gasteiger partial charge in [-0.05, 0) is 25.7 Å². The number of nitrogens with zero attached hydrogens (tertiary/aromatic N) is 4. The Morgan fingerprint density at radius 3 is 2.92 bits per heavy atom. The van der Waals surface area contributed by atoms with Crippen LogP contribution in [-0.2, 0) is 16.6 Å². The van der Waals surface area contributed by atoms with Gasteiger partial charge in [-0.1, -0.05) is 19.3 Å². The van der Waals surface area contributed by atoms with Gasteiger partial charge in [0.1, 0.15) is 12.4 Å². The number of nitrogens with one attached hydrogen (secondary N) is 1. The quantitative estimate of drug-likeness (QED) is 0.877. The molecule has 1 aliphatic carbocycles. The summed E-state index contributed by atoms with van der Waals surface area (Å²) >= 11 is 0. The van der Waals surface area contributed by atoms with Gasteiger partial charge in [0.25, 0.3) is 0 Å². The number of amides is 1. The van der Waals surface area contributed by atoms with Gasteiger partial charge in [-0.15, -0.1) is 10.2 Å². The normalized spacial score (nSPS) is 24.7. The Morgan fingerprint density at radius 1 is 1.42 bits per heavy atom. The van der Waals surface area contributed by atoms with Crippen molar-refractivity contribution in [1.82, 2.24) is 25.0 Å². The third-order valence-corrected chi connectivity index (χ3v) is 5.35. The number of hydrogen-bond donors (Lipinski definition) is 1. The zero-order valence-electron chi connectivity index (χ0n) is 14.8. The Balaban J connectivity index is 1.50. The topological polar surface area (TPSA) is 72.3 Å². The van der Waals surface area contributed by atoms with Gasteiger partial charge in [0.05, 0.1) is 12.6 Å². The second kappa shape index (κ2) is 8.07. The van der Waals surface area contributed by atoms with Crippen LogP contribution in [-0.4, -0.2) is 57.9 Å². The van der Waals surface area contributed by atoms with Crippen molar-refractivity contribution in [3.63, 3.8) is 0 Å². The number of aromatic nitrogens is 3. The van der Waals surface area contributed by atoms with Crippen LogP contribution in [0.5, 0.6) is 0 Å². The first-order chi connectivity index (χ1) is 11.6. The van der Waals surface area contributed by atoms with Gasteiger partial charge in [-0.2, -0.15) is 0 Å². The average molecular weight is 335 g/mol. The number of ether oxygens (including phenoxy) is 1. The molecule has 3 rings (SSSR count). The molecule has 0 spiro atoms. The van der Waals surface area contributed by atoms with Crippen molar-refractivity contribution in [2.45, 2.75) is 51.2 Å². The zero-order valence-corrected chi connectivity index (χ0v) is 14.8. The van der Waals surface area contributed by atoms with Crippen LogP contribution in [0.2, 0.25) is 0 Å². The molecule has 0 aromatic carbocycles.